The molecule has 2 rings (SSSR count). The topological polar surface area (TPSA) is 35.9 Å². The number of unbranched alkanes of at least 4 members (excludes halogenated alkanes) is 2. The first-order valence-electron chi connectivity index (χ1n) is 8.82. The summed E-state index contributed by atoms with van der Waals surface area (Å²) in [5.41, 5.74) is 0. The van der Waals surface area contributed by atoms with Gasteiger partial charge in [0, 0.05) is 43.7 Å². The maximum absolute atomic E-state index is 9.70. The fourth-order valence-electron chi connectivity index (χ4n) is 3.03. The van der Waals surface area contributed by atoms with Crippen molar-refractivity contribution in [2.24, 2.45) is 0 Å². The monoisotopic (exact) mass is 378 g/mol. The van der Waals surface area contributed by atoms with Crippen molar-refractivity contribution in [1.82, 2.24) is 9.80 Å². The quantitative estimate of drug-likeness (QED) is 0.354. The van der Waals surface area contributed by atoms with Crippen LogP contribution in [0, 0.1) is 0 Å². The molecule has 0 bridgehead atoms. The van der Waals surface area contributed by atoms with Gasteiger partial charge in [0.1, 0.15) is 0 Å². The third-order valence-corrected chi connectivity index (χ3v) is 7.72. The molecule has 2 aliphatic rings. The van der Waals surface area contributed by atoms with Crippen molar-refractivity contribution in [3.8, 4) is 0 Å². The first kappa shape index (κ1) is 19.6. The first-order valence-corrected chi connectivity index (χ1v) is 11.6. The van der Waals surface area contributed by atoms with Gasteiger partial charge >= 0.3 is 0 Å². The van der Waals surface area contributed by atoms with E-state index < -0.39 is 0 Å². The van der Waals surface area contributed by atoms with Crippen LogP contribution in [0.25, 0.3) is 0 Å². The van der Waals surface area contributed by atoms with Crippen LogP contribution in [0.1, 0.15) is 38.5 Å². The summed E-state index contributed by atoms with van der Waals surface area (Å²) in [6.45, 7) is 6.58. The van der Waals surface area contributed by atoms with E-state index >= 15 is 0 Å². The first-order chi connectivity index (χ1) is 11.3. The molecule has 4 nitrogen and oxygen atoms in total. The Kier molecular flexibility index (Phi) is 10.1. The molecular formula is C16H30N2O2S3. The van der Waals surface area contributed by atoms with Gasteiger partial charge in [-0.1, -0.05) is 34.4 Å². The zero-order valence-electron chi connectivity index (χ0n) is 14.0. The number of morpholine rings is 1. The van der Waals surface area contributed by atoms with E-state index in [1.54, 1.807) is 0 Å². The second kappa shape index (κ2) is 11.8. The second-order valence-electron chi connectivity index (χ2n) is 6.26. The van der Waals surface area contributed by atoms with Crippen molar-refractivity contribution in [2.45, 2.75) is 43.8 Å². The minimum absolute atomic E-state index is 0.0646. The van der Waals surface area contributed by atoms with Crippen LogP contribution in [0.2, 0.25) is 0 Å². The fourth-order valence-corrected chi connectivity index (χ4v) is 6.24. The molecule has 2 aliphatic heterocycles. The highest BCUT2D eigenvalue weighted by Crippen LogP contribution is 2.39. The van der Waals surface area contributed by atoms with Crippen LogP contribution < -0.4 is 0 Å². The highest BCUT2D eigenvalue weighted by molar-refractivity contribution is 8.77. The van der Waals surface area contributed by atoms with Gasteiger partial charge in [0.15, 0.2) is 0 Å². The zero-order chi connectivity index (χ0) is 16.3. The van der Waals surface area contributed by atoms with Crippen molar-refractivity contribution >= 4 is 39.0 Å². The molecule has 2 fully saturated rings. The molecule has 2 heterocycles. The molecule has 0 aliphatic carbocycles. The summed E-state index contributed by atoms with van der Waals surface area (Å²) in [5, 5.41) is 10.6. The normalized spacial score (nSPS) is 22.3. The fraction of sp³-hybridized carbons (Fsp3) is 0.938. The van der Waals surface area contributed by atoms with E-state index in [0.29, 0.717) is 0 Å². The lowest BCUT2D eigenvalue weighted by atomic mass is 10.1. The average Bonchev–Trinajstić information content (AvgIpc) is 3.07. The molecule has 1 N–H and O–H groups in total. The number of aliphatic hydroxyl groups is 1. The summed E-state index contributed by atoms with van der Waals surface area (Å²) >= 11 is 4.99. The average molecular weight is 379 g/mol. The molecule has 134 valence electrons. The van der Waals surface area contributed by atoms with Gasteiger partial charge < -0.3 is 14.7 Å². The van der Waals surface area contributed by atoms with Gasteiger partial charge in [0.25, 0.3) is 5.17 Å². The van der Waals surface area contributed by atoms with E-state index in [9.17, 15) is 5.11 Å². The number of thiocarbonyl (C=S) groups is 1. The minimum Gasteiger partial charge on any atom is -0.487 e. The van der Waals surface area contributed by atoms with Crippen LogP contribution in [-0.4, -0.2) is 77.0 Å². The maximum Gasteiger partial charge on any atom is 0.256 e. The third kappa shape index (κ3) is 8.29. The van der Waals surface area contributed by atoms with E-state index in [2.05, 4.69) is 15.7 Å². The lowest BCUT2D eigenvalue weighted by Gasteiger charge is -2.28. The van der Waals surface area contributed by atoms with Crippen molar-refractivity contribution in [2.75, 3.05) is 51.7 Å². The third-order valence-electron chi connectivity index (χ3n) is 4.46. The Labute approximate surface area is 154 Å². The molecule has 23 heavy (non-hydrogen) atoms. The Morgan fingerprint density at radius 3 is 2.65 bits per heavy atom. The molecule has 0 saturated carbocycles. The van der Waals surface area contributed by atoms with Crippen LogP contribution in [-0.2, 0) is 4.74 Å². The Morgan fingerprint density at radius 1 is 1.17 bits per heavy atom. The van der Waals surface area contributed by atoms with Gasteiger partial charge in [-0.15, -0.1) is 0 Å². The van der Waals surface area contributed by atoms with Crippen LogP contribution in [0.4, 0.5) is 0 Å². The predicted molar refractivity (Wildman–Crippen MR) is 106 cm³/mol. The van der Waals surface area contributed by atoms with E-state index in [1.807, 2.05) is 15.7 Å². The van der Waals surface area contributed by atoms with E-state index in [0.717, 1.165) is 64.0 Å². The summed E-state index contributed by atoms with van der Waals surface area (Å²) in [7, 11) is 4.09. The number of hydrogen-bond acceptors (Lipinski definition) is 5. The predicted octanol–water partition coefficient (Wildman–Crippen LogP) is 3.57. The zero-order valence-corrected chi connectivity index (χ0v) is 16.4. The van der Waals surface area contributed by atoms with E-state index in [4.69, 9.17) is 17.0 Å². The van der Waals surface area contributed by atoms with Crippen molar-refractivity contribution in [3.63, 3.8) is 0 Å². The highest BCUT2D eigenvalue weighted by Gasteiger charge is 2.16. The summed E-state index contributed by atoms with van der Waals surface area (Å²) in [5.74, 6) is 1.32. The molecule has 0 aromatic rings. The number of nitrogens with zero attached hydrogens (tertiary/aromatic N) is 2. The Hall–Kier alpha value is 0.310. The number of rotatable bonds is 10. The lowest BCUT2D eigenvalue weighted by molar-refractivity contribution is 0.0367. The Bertz CT molecular complexity index is 335. The highest BCUT2D eigenvalue weighted by atomic mass is 33.1. The van der Waals surface area contributed by atoms with Gasteiger partial charge in [-0.3, -0.25) is 4.90 Å². The summed E-state index contributed by atoms with van der Waals surface area (Å²) in [4.78, 5) is 4.40. The van der Waals surface area contributed by atoms with Crippen LogP contribution in [0.3, 0.4) is 0 Å². The molecule has 7 heteroatoms. The van der Waals surface area contributed by atoms with Gasteiger partial charge in [-0.25, -0.2) is 0 Å². The number of hydrogen-bond donors (Lipinski definition) is 1. The molecule has 0 spiro atoms. The second-order valence-corrected chi connectivity index (χ2v) is 9.41. The molecule has 1 atom stereocenters. The van der Waals surface area contributed by atoms with Gasteiger partial charge in [0.2, 0.25) is 0 Å². The summed E-state index contributed by atoms with van der Waals surface area (Å²) < 4.78 is 5.36. The molecule has 0 radical (unpaired) electrons. The van der Waals surface area contributed by atoms with Crippen molar-refractivity contribution in [1.29, 1.82) is 0 Å². The van der Waals surface area contributed by atoms with Crippen molar-refractivity contribution < 1.29 is 9.84 Å². The molecule has 1 unspecified atom stereocenters. The Morgan fingerprint density at radius 2 is 1.96 bits per heavy atom. The van der Waals surface area contributed by atoms with Crippen LogP contribution in [0.15, 0.2) is 0 Å². The minimum atomic E-state index is 0.0646. The molecule has 0 amide bonds. The van der Waals surface area contributed by atoms with Crippen LogP contribution >= 0.6 is 33.8 Å². The maximum atomic E-state index is 9.70. The summed E-state index contributed by atoms with van der Waals surface area (Å²) in [6, 6.07) is 0. The Balaban J connectivity index is 1.51. The van der Waals surface area contributed by atoms with Crippen LogP contribution in [0.5, 0.6) is 0 Å². The van der Waals surface area contributed by atoms with E-state index in [1.165, 1.54) is 31.4 Å². The van der Waals surface area contributed by atoms with Crippen molar-refractivity contribution in [3.05, 3.63) is 0 Å². The lowest BCUT2D eigenvalue weighted by Crippen LogP contribution is -2.39. The molecule has 0 aromatic heterocycles. The molecular weight excluding hydrogens is 348 g/mol. The molecule has 0 aromatic carbocycles. The largest absolute Gasteiger partial charge is 0.487 e. The number of aliphatic hydroxyl groups excluding tert-OH is 1. The SMILES string of the molecule is OC(=S)N(CCCCCC1CCSS1)CCCN1CCOCC1. The standard InChI is InChI=1S/C16H30N2O2S3/c19-16(21)18(9-4-7-17-10-12-20-13-11-17)8-3-1-2-5-15-6-14-22-23-15/h15H,1-14H2,(H,19,21). The van der Waals surface area contributed by atoms with Gasteiger partial charge in [-0.05, 0) is 37.9 Å². The van der Waals surface area contributed by atoms with Gasteiger partial charge in [-0.2, -0.15) is 0 Å². The molecule has 2 saturated heterocycles. The van der Waals surface area contributed by atoms with E-state index in [-0.39, 0.29) is 5.17 Å². The van der Waals surface area contributed by atoms with Gasteiger partial charge in [0.05, 0.1) is 13.2 Å². The summed E-state index contributed by atoms with van der Waals surface area (Å²) in [6.07, 6.45) is 7.45. The number of ether oxygens (including phenoxy) is 1. The smallest absolute Gasteiger partial charge is 0.256 e.